The molecule has 4 heterocycles. The predicted octanol–water partition coefficient (Wildman–Crippen LogP) is 2.30. The Morgan fingerprint density at radius 3 is 2.86 bits per heavy atom. The number of likely N-dealkylation sites (tertiary alicyclic amines) is 1. The number of fused-ring (bicyclic) bond motifs is 1. The number of nitrogens with zero attached hydrogens (tertiary/aromatic N) is 6. The van der Waals surface area contributed by atoms with Crippen LogP contribution in [0.15, 0.2) is 43.0 Å². The highest BCUT2D eigenvalue weighted by Crippen LogP contribution is 2.20. The summed E-state index contributed by atoms with van der Waals surface area (Å²) in [5.41, 5.74) is 2.19. The number of aromatic nitrogens is 4. The molecule has 0 aliphatic carbocycles. The molecular formula is C20H25N7O. The van der Waals surface area contributed by atoms with E-state index in [1.807, 2.05) is 36.2 Å². The third kappa shape index (κ3) is 3.76. The molecule has 28 heavy (non-hydrogen) atoms. The number of hydrogen-bond donors (Lipinski definition) is 1. The van der Waals surface area contributed by atoms with Crippen molar-refractivity contribution in [2.24, 2.45) is 0 Å². The van der Waals surface area contributed by atoms with Crippen LogP contribution in [0.2, 0.25) is 0 Å². The average Bonchev–Trinajstić information content (AvgIpc) is 3.00. The van der Waals surface area contributed by atoms with Gasteiger partial charge < -0.3 is 15.1 Å². The largest absolute Gasteiger partial charge is 0.381 e. The van der Waals surface area contributed by atoms with Crippen molar-refractivity contribution in [3.05, 3.63) is 48.5 Å². The molecule has 0 saturated carbocycles. The summed E-state index contributed by atoms with van der Waals surface area (Å²) >= 11 is 0. The fourth-order valence-corrected chi connectivity index (χ4v) is 3.56. The fraction of sp³-hybridized carbons (Fsp3) is 0.400. The van der Waals surface area contributed by atoms with Crippen molar-refractivity contribution >= 4 is 23.1 Å². The number of nitrogens with one attached hydrogen (secondary N) is 1. The zero-order chi connectivity index (χ0) is 19.5. The minimum absolute atomic E-state index is 0.00588. The smallest absolute Gasteiger partial charge is 0.259 e. The van der Waals surface area contributed by atoms with Gasteiger partial charge in [-0.15, -0.1) is 0 Å². The van der Waals surface area contributed by atoms with Gasteiger partial charge in [0.2, 0.25) is 0 Å². The molecule has 1 aliphatic heterocycles. The van der Waals surface area contributed by atoms with E-state index in [0.717, 1.165) is 37.3 Å². The van der Waals surface area contributed by atoms with E-state index >= 15 is 0 Å². The first-order valence-electron chi connectivity index (χ1n) is 9.59. The standard InChI is InChI=1S/C20H25N7O/c1-25(2)18-7-6-16(13-22-18)24-15-5-3-10-26(12-8-15)20(28)17-14-23-27-11-4-9-21-19(17)27/h4,6-7,9,11,13-15,24H,3,5,8,10,12H2,1-2H3/t15-/m1/s1. The van der Waals surface area contributed by atoms with Gasteiger partial charge in [0.15, 0.2) is 5.65 Å². The molecule has 1 fully saturated rings. The van der Waals surface area contributed by atoms with Crippen LogP contribution in [0.25, 0.3) is 5.65 Å². The second-order valence-corrected chi connectivity index (χ2v) is 7.31. The third-order valence-electron chi connectivity index (χ3n) is 5.10. The molecule has 1 amide bonds. The molecule has 0 bridgehead atoms. The molecule has 8 heteroatoms. The van der Waals surface area contributed by atoms with E-state index in [2.05, 4.69) is 26.4 Å². The lowest BCUT2D eigenvalue weighted by Crippen LogP contribution is -2.32. The van der Waals surface area contributed by atoms with Crippen molar-refractivity contribution in [1.82, 2.24) is 24.5 Å². The number of amides is 1. The Labute approximate surface area is 164 Å². The minimum atomic E-state index is 0.00588. The molecule has 146 valence electrons. The third-order valence-corrected chi connectivity index (χ3v) is 5.10. The maximum absolute atomic E-state index is 13.0. The lowest BCUT2D eigenvalue weighted by Gasteiger charge is -2.21. The summed E-state index contributed by atoms with van der Waals surface area (Å²) in [7, 11) is 3.96. The number of hydrogen-bond acceptors (Lipinski definition) is 6. The maximum atomic E-state index is 13.0. The topological polar surface area (TPSA) is 78.7 Å². The molecule has 0 aromatic carbocycles. The molecule has 1 saturated heterocycles. The molecule has 8 nitrogen and oxygen atoms in total. The molecule has 0 unspecified atom stereocenters. The van der Waals surface area contributed by atoms with Gasteiger partial charge >= 0.3 is 0 Å². The summed E-state index contributed by atoms with van der Waals surface area (Å²) in [6.07, 6.45) is 9.85. The summed E-state index contributed by atoms with van der Waals surface area (Å²) in [6, 6.07) is 6.19. The summed E-state index contributed by atoms with van der Waals surface area (Å²) < 4.78 is 1.64. The highest BCUT2D eigenvalue weighted by molar-refractivity contribution is 5.99. The van der Waals surface area contributed by atoms with Crippen molar-refractivity contribution in [1.29, 1.82) is 0 Å². The lowest BCUT2D eigenvalue weighted by molar-refractivity contribution is 0.0763. The first-order chi connectivity index (χ1) is 13.6. The van der Waals surface area contributed by atoms with Gasteiger partial charge in [-0.3, -0.25) is 4.79 Å². The molecule has 0 radical (unpaired) electrons. The van der Waals surface area contributed by atoms with Crippen LogP contribution in [0.3, 0.4) is 0 Å². The van der Waals surface area contributed by atoms with Crippen molar-refractivity contribution in [3.8, 4) is 0 Å². The van der Waals surface area contributed by atoms with E-state index < -0.39 is 0 Å². The zero-order valence-corrected chi connectivity index (χ0v) is 16.2. The van der Waals surface area contributed by atoms with Gasteiger partial charge in [-0.1, -0.05) is 0 Å². The van der Waals surface area contributed by atoms with Crippen molar-refractivity contribution in [3.63, 3.8) is 0 Å². The average molecular weight is 379 g/mol. The molecule has 4 rings (SSSR count). The number of carbonyl (C=O) groups is 1. The maximum Gasteiger partial charge on any atom is 0.259 e. The normalized spacial score (nSPS) is 17.4. The summed E-state index contributed by atoms with van der Waals surface area (Å²) in [5, 5.41) is 7.80. The molecular weight excluding hydrogens is 354 g/mol. The van der Waals surface area contributed by atoms with Gasteiger partial charge in [0, 0.05) is 45.6 Å². The van der Waals surface area contributed by atoms with Gasteiger partial charge in [-0.2, -0.15) is 5.10 Å². The van der Waals surface area contributed by atoms with Crippen LogP contribution < -0.4 is 10.2 Å². The Kier molecular flexibility index (Phi) is 5.10. The second-order valence-electron chi connectivity index (χ2n) is 7.31. The number of carbonyl (C=O) groups excluding carboxylic acids is 1. The molecule has 3 aromatic rings. The number of pyridine rings is 1. The summed E-state index contributed by atoms with van der Waals surface area (Å²) in [5.74, 6) is 0.941. The molecule has 1 atom stereocenters. The molecule has 1 aliphatic rings. The highest BCUT2D eigenvalue weighted by Gasteiger charge is 2.24. The van der Waals surface area contributed by atoms with Crippen LogP contribution in [0.5, 0.6) is 0 Å². The molecule has 3 aromatic heterocycles. The highest BCUT2D eigenvalue weighted by atomic mass is 16.2. The van der Waals surface area contributed by atoms with Gasteiger partial charge in [0.25, 0.3) is 5.91 Å². The fourth-order valence-electron chi connectivity index (χ4n) is 3.56. The summed E-state index contributed by atoms with van der Waals surface area (Å²) in [6.45, 7) is 1.46. The minimum Gasteiger partial charge on any atom is -0.381 e. The van der Waals surface area contributed by atoms with Crippen molar-refractivity contribution in [2.75, 3.05) is 37.4 Å². The van der Waals surface area contributed by atoms with Crippen LogP contribution >= 0.6 is 0 Å². The quantitative estimate of drug-likeness (QED) is 0.749. The van der Waals surface area contributed by atoms with Crippen molar-refractivity contribution in [2.45, 2.75) is 25.3 Å². The van der Waals surface area contributed by atoms with Gasteiger partial charge in [-0.25, -0.2) is 14.5 Å². The Bertz CT molecular complexity index is 951. The predicted molar refractivity (Wildman–Crippen MR) is 109 cm³/mol. The Balaban J connectivity index is 1.40. The van der Waals surface area contributed by atoms with E-state index in [0.29, 0.717) is 23.8 Å². The molecule has 0 spiro atoms. The van der Waals surface area contributed by atoms with E-state index in [1.54, 1.807) is 29.2 Å². The van der Waals surface area contributed by atoms with Crippen LogP contribution in [-0.4, -0.2) is 63.6 Å². The first-order valence-corrected chi connectivity index (χ1v) is 9.59. The Morgan fingerprint density at radius 1 is 1.18 bits per heavy atom. The SMILES string of the molecule is CN(C)c1ccc(N[C@@H]2CCCN(C(=O)c3cnn4cccnc34)CC2)cn1. The van der Waals surface area contributed by atoms with Crippen LogP contribution in [0.4, 0.5) is 11.5 Å². The Hall–Kier alpha value is -3.16. The number of rotatable bonds is 4. The van der Waals surface area contributed by atoms with Gasteiger partial charge in [0.1, 0.15) is 11.4 Å². The number of anilines is 2. The Morgan fingerprint density at radius 2 is 2.07 bits per heavy atom. The van der Waals surface area contributed by atoms with Crippen molar-refractivity contribution < 1.29 is 4.79 Å². The van der Waals surface area contributed by atoms with E-state index in [9.17, 15) is 4.79 Å². The van der Waals surface area contributed by atoms with E-state index in [-0.39, 0.29) is 5.91 Å². The monoisotopic (exact) mass is 379 g/mol. The first kappa shape index (κ1) is 18.2. The van der Waals surface area contributed by atoms with Crippen LogP contribution in [0.1, 0.15) is 29.6 Å². The second kappa shape index (κ2) is 7.84. The van der Waals surface area contributed by atoms with Crippen LogP contribution in [-0.2, 0) is 0 Å². The summed E-state index contributed by atoms with van der Waals surface area (Å²) in [4.78, 5) is 25.6. The van der Waals surface area contributed by atoms with E-state index in [4.69, 9.17) is 0 Å². The van der Waals surface area contributed by atoms with Crippen LogP contribution in [0, 0.1) is 0 Å². The van der Waals surface area contributed by atoms with Gasteiger partial charge in [-0.05, 0) is 37.5 Å². The molecule has 1 N–H and O–H groups in total. The van der Waals surface area contributed by atoms with Gasteiger partial charge in [0.05, 0.1) is 18.1 Å². The van der Waals surface area contributed by atoms with E-state index in [1.165, 1.54) is 0 Å². The lowest BCUT2D eigenvalue weighted by atomic mass is 10.1. The zero-order valence-electron chi connectivity index (χ0n) is 16.2.